The summed E-state index contributed by atoms with van der Waals surface area (Å²) in [5, 5.41) is 8.43. The van der Waals surface area contributed by atoms with Crippen LogP contribution in [0.4, 0.5) is 5.69 Å². The van der Waals surface area contributed by atoms with Crippen LogP contribution in [0.1, 0.15) is 22.5 Å². The molecule has 0 bridgehead atoms. The minimum Gasteiger partial charge on any atom is -0.356 e. The third-order valence-corrected chi connectivity index (χ3v) is 5.35. The number of hydrogen-bond donors (Lipinski definition) is 1. The Morgan fingerprint density at radius 1 is 1.38 bits per heavy atom. The minimum absolute atomic E-state index is 0.0517. The molecule has 1 amide bonds. The van der Waals surface area contributed by atoms with Crippen LogP contribution < -0.4 is 10.2 Å². The fraction of sp³-hybridized carbons (Fsp3) is 0.529. The number of anilines is 1. The molecule has 26 heavy (non-hydrogen) atoms. The first-order chi connectivity index (χ1) is 12.5. The van der Waals surface area contributed by atoms with Gasteiger partial charge < -0.3 is 15.1 Å². The highest BCUT2D eigenvalue weighted by atomic mass is 32.1. The van der Waals surface area contributed by atoms with Crippen LogP contribution in [-0.4, -0.2) is 57.7 Å². The summed E-state index contributed by atoms with van der Waals surface area (Å²) in [6, 6.07) is 0. The molecule has 1 N–H and O–H groups in total. The second-order valence-electron chi connectivity index (χ2n) is 6.26. The average Bonchev–Trinajstić information content (AvgIpc) is 3.17. The topological polar surface area (TPSA) is 78.7 Å². The average molecular weight is 376 g/mol. The zero-order chi connectivity index (χ0) is 18.7. The van der Waals surface area contributed by atoms with E-state index >= 15 is 0 Å². The second kappa shape index (κ2) is 7.86. The molecule has 0 radical (unpaired) electrons. The van der Waals surface area contributed by atoms with Gasteiger partial charge in [0.2, 0.25) is 5.91 Å². The molecule has 1 saturated heterocycles. The van der Waals surface area contributed by atoms with Crippen molar-refractivity contribution < 1.29 is 4.79 Å². The highest BCUT2D eigenvalue weighted by Crippen LogP contribution is 2.18. The lowest BCUT2D eigenvalue weighted by Gasteiger charge is -2.35. The Kier molecular flexibility index (Phi) is 5.55. The van der Waals surface area contributed by atoms with Gasteiger partial charge in [-0.1, -0.05) is 0 Å². The van der Waals surface area contributed by atoms with E-state index in [1.54, 1.807) is 27.1 Å². The number of carbonyl (C=O) groups excluding carboxylic acids is 1. The SMILES string of the molecule is CCNC(=NCc1nc(C)c(C)s1)N1CCN(c2cnn(C)c2)C(=O)C1. The number of guanidine groups is 1. The van der Waals surface area contributed by atoms with Crippen molar-refractivity contribution in [1.29, 1.82) is 0 Å². The van der Waals surface area contributed by atoms with Gasteiger partial charge in [-0.05, 0) is 20.8 Å². The van der Waals surface area contributed by atoms with Crippen molar-refractivity contribution in [1.82, 2.24) is 25.0 Å². The first kappa shape index (κ1) is 18.4. The minimum atomic E-state index is 0.0517. The van der Waals surface area contributed by atoms with E-state index in [0.29, 0.717) is 19.6 Å². The standard InChI is InChI=1S/C17H25N7OS/c1-5-18-17(19-9-15-21-12(2)13(3)26-15)23-6-7-24(16(25)11-23)14-8-20-22(4)10-14/h8,10H,5-7,9,11H2,1-4H3,(H,18,19). The largest absolute Gasteiger partial charge is 0.356 e. The lowest BCUT2D eigenvalue weighted by Crippen LogP contribution is -2.55. The number of amides is 1. The van der Waals surface area contributed by atoms with E-state index in [2.05, 4.69) is 22.3 Å². The van der Waals surface area contributed by atoms with Gasteiger partial charge in [-0.3, -0.25) is 9.48 Å². The van der Waals surface area contributed by atoms with Crippen molar-refractivity contribution in [2.75, 3.05) is 31.1 Å². The van der Waals surface area contributed by atoms with Crippen molar-refractivity contribution in [3.05, 3.63) is 28.0 Å². The zero-order valence-corrected chi connectivity index (χ0v) is 16.5. The predicted octanol–water partition coefficient (Wildman–Crippen LogP) is 1.31. The molecule has 3 heterocycles. The van der Waals surface area contributed by atoms with E-state index in [9.17, 15) is 4.79 Å². The van der Waals surface area contributed by atoms with Gasteiger partial charge in [0.1, 0.15) is 11.6 Å². The second-order valence-corrected chi connectivity index (χ2v) is 7.55. The zero-order valence-electron chi connectivity index (χ0n) is 15.7. The maximum Gasteiger partial charge on any atom is 0.246 e. The van der Waals surface area contributed by atoms with Crippen LogP contribution in [0.5, 0.6) is 0 Å². The van der Waals surface area contributed by atoms with Crippen LogP contribution in [0.2, 0.25) is 0 Å². The Balaban J connectivity index is 1.68. The maximum absolute atomic E-state index is 12.6. The van der Waals surface area contributed by atoms with E-state index in [1.807, 2.05) is 32.0 Å². The molecule has 0 spiro atoms. The van der Waals surface area contributed by atoms with E-state index < -0.39 is 0 Å². The summed E-state index contributed by atoms with van der Waals surface area (Å²) < 4.78 is 1.71. The number of aromatic nitrogens is 3. The van der Waals surface area contributed by atoms with Gasteiger partial charge >= 0.3 is 0 Å². The number of aliphatic imine (C=N–C) groups is 1. The Labute approximate surface area is 157 Å². The van der Waals surface area contributed by atoms with Crippen LogP contribution in [-0.2, 0) is 18.4 Å². The maximum atomic E-state index is 12.6. The first-order valence-electron chi connectivity index (χ1n) is 8.73. The Morgan fingerprint density at radius 2 is 2.19 bits per heavy atom. The van der Waals surface area contributed by atoms with Crippen molar-refractivity contribution in [2.24, 2.45) is 12.0 Å². The molecule has 0 atom stereocenters. The molecular formula is C17H25N7OS. The molecule has 2 aromatic rings. The van der Waals surface area contributed by atoms with Crippen LogP contribution in [0.15, 0.2) is 17.4 Å². The lowest BCUT2D eigenvalue weighted by atomic mass is 10.3. The monoisotopic (exact) mass is 375 g/mol. The van der Waals surface area contributed by atoms with E-state index in [0.717, 1.165) is 35.4 Å². The smallest absolute Gasteiger partial charge is 0.246 e. The summed E-state index contributed by atoms with van der Waals surface area (Å²) in [5.41, 5.74) is 1.90. The third kappa shape index (κ3) is 4.04. The van der Waals surface area contributed by atoms with E-state index in [4.69, 9.17) is 4.99 Å². The predicted molar refractivity (Wildman–Crippen MR) is 104 cm³/mol. The number of aryl methyl sites for hydroxylation is 3. The number of thiazole rings is 1. The summed E-state index contributed by atoms with van der Waals surface area (Å²) in [4.78, 5) is 26.8. The van der Waals surface area contributed by atoms with Gasteiger partial charge in [0, 0.05) is 37.8 Å². The van der Waals surface area contributed by atoms with Crippen molar-refractivity contribution in [3.8, 4) is 0 Å². The van der Waals surface area contributed by atoms with Gasteiger partial charge in [0.25, 0.3) is 0 Å². The lowest BCUT2D eigenvalue weighted by molar-refractivity contribution is -0.120. The molecule has 1 aliphatic heterocycles. The number of hydrogen-bond acceptors (Lipinski definition) is 5. The van der Waals surface area contributed by atoms with Crippen LogP contribution in [0.25, 0.3) is 0 Å². The summed E-state index contributed by atoms with van der Waals surface area (Å²) in [6.07, 6.45) is 3.58. The number of rotatable bonds is 4. The number of piperazine rings is 1. The van der Waals surface area contributed by atoms with Crippen molar-refractivity contribution in [3.63, 3.8) is 0 Å². The molecule has 0 unspecified atom stereocenters. The van der Waals surface area contributed by atoms with Gasteiger partial charge in [0.15, 0.2) is 5.96 Å². The first-order valence-corrected chi connectivity index (χ1v) is 9.54. The molecule has 1 aliphatic rings. The number of nitrogens with zero attached hydrogens (tertiary/aromatic N) is 6. The van der Waals surface area contributed by atoms with Gasteiger partial charge in [0.05, 0.1) is 24.1 Å². The van der Waals surface area contributed by atoms with Crippen molar-refractivity contribution in [2.45, 2.75) is 27.3 Å². The molecule has 3 rings (SSSR count). The Hall–Kier alpha value is -2.42. The quantitative estimate of drug-likeness (QED) is 0.644. The third-order valence-electron chi connectivity index (χ3n) is 4.29. The van der Waals surface area contributed by atoms with Crippen LogP contribution in [0, 0.1) is 13.8 Å². The molecule has 9 heteroatoms. The molecule has 0 aromatic carbocycles. The van der Waals surface area contributed by atoms with E-state index in [1.165, 1.54) is 4.88 Å². The Bertz CT molecular complexity index is 790. The molecule has 2 aromatic heterocycles. The van der Waals surface area contributed by atoms with Crippen molar-refractivity contribution >= 4 is 28.9 Å². The number of carbonyl (C=O) groups is 1. The summed E-state index contributed by atoms with van der Waals surface area (Å²) >= 11 is 1.67. The highest BCUT2D eigenvalue weighted by molar-refractivity contribution is 7.11. The summed E-state index contributed by atoms with van der Waals surface area (Å²) in [6.45, 7) is 9.04. The van der Waals surface area contributed by atoms with Gasteiger partial charge in [-0.25, -0.2) is 9.98 Å². The molecule has 1 fully saturated rings. The molecule has 140 valence electrons. The Morgan fingerprint density at radius 3 is 2.77 bits per heavy atom. The van der Waals surface area contributed by atoms with Gasteiger partial charge in [-0.15, -0.1) is 11.3 Å². The van der Waals surface area contributed by atoms with Crippen LogP contribution >= 0.6 is 11.3 Å². The fourth-order valence-corrected chi connectivity index (χ4v) is 3.71. The highest BCUT2D eigenvalue weighted by Gasteiger charge is 2.27. The van der Waals surface area contributed by atoms with E-state index in [-0.39, 0.29) is 5.91 Å². The summed E-state index contributed by atoms with van der Waals surface area (Å²) in [5.74, 6) is 0.813. The molecule has 0 aliphatic carbocycles. The number of nitrogens with one attached hydrogen (secondary N) is 1. The van der Waals surface area contributed by atoms with Gasteiger partial charge in [-0.2, -0.15) is 5.10 Å². The molecular weight excluding hydrogens is 350 g/mol. The molecule has 8 nitrogen and oxygen atoms in total. The molecule has 0 saturated carbocycles. The summed E-state index contributed by atoms with van der Waals surface area (Å²) in [7, 11) is 1.85. The van der Waals surface area contributed by atoms with Crippen LogP contribution in [0.3, 0.4) is 0 Å². The fourth-order valence-electron chi connectivity index (χ4n) is 2.85. The normalized spacial score (nSPS) is 15.7.